The zero-order chi connectivity index (χ0) is 16.6. The standard InChI is InChI=1S/C15H28N2O4/c1-6-13(7-2)10(3)14(19)17(11(4)15(20)21)9-8-16-12(5)18/h10-11,13H,6-9H2,1-5H3,(H,16,18)(H,20,21). The van der Waals surface area contributed by atoms with Gasteiger partial charge in [-0.25, -0.2) is 4.79 Å². The van der Waals surface area contributed by atoms with Crippen LogP contribution in [0.5, 0.6) is 0 Å². The van der Waals surface area contributed by atoms with Crippen molar-refractivity contribution in [3.63, 3.8) is 0 Å². The molecule has 0 spiro atoms. The maximum absolute atomic E-state index is 12.6. The summed E-state index contributed by atoms with van der Waals surface area (Å²) in [7, 11) is 0. The molecule has 0 fully saturated rings. The van der Waals surface area contributed by atoms with Crippen molar-refractivity contribution in [1.29, 1.82) is 0 Å². The highest BCUT2D eigenvalue weighted by Gasteiger charge is 2.31. The lowest BCUT2D eigenvalue weighted by Gasteiger charge is -2.31. The number of hydrogen-bond donors (Lipinski definition) is 2. The molecular weight excluding hydrogens is 272 g/mol. The van der Waals surface area contributed by atoms with Gasteiger partial charge in [-0.2, -0.15) is 0 Å². The summed E-state index contributed by atoms with van der Waals surface area (Å²) in [5.74, 6) is -1.38. The number of aliphatic carboxylic acids is 1. The highest BCUT2D eigenvalue weighted by atomic mass is 16.4. The first kappa shape index (κ1) is 19.4. The van der Waals surface area contributed by atoms with Crippen LogP contribution >= 0.6 is 0 Å². The molecule has 21 heavy (non-hydrogen) atoms. The molecular formula is C15H28N2O4. The molecule has 0 saturated carbocycles. The number of carbonyl (C=O) groups excluding carboxylic acids is 2. The van der Waals surface area contributed by atoms with E-state index in [9.17, 15) is 14.4 Å². The van der Waals surface area contributed by atoms with Crippen molar-refractivity contribution >= 4 is 17.8 Å². The minimum absolute atomic E-state index is 0.163. The fourth-order valence-electron chi connectivity index (χ4n) is 2.44. The Morgan fingerprint density at radius 1 is 1.14 bits per heavy atom. The lowest BCUT2D eigenvalue weighted by atomic mass is 9.88. The summed E-state index contributed by atoms with van der Waals surface area (Å²) in [5.41, 5.74) is 0. The summed E-state index contributed by atoms with van der Waals surface area (Å²) < 4.78 is 0. The number of carboxylic acid groups (broad SMARTS) is 1. The SMILES string of the molecule is CCC(CC)C(C)C(=O)N(CCNC(C)=O)C(C)C(=O)O. The third-order valence-electron chi connectivity index (χ3n) is 3.98. The molecule has 0 aliphatic rings. The number of rotatable bonds is 9. The number of nitrogens with zero attached hydrogens (tertiary/aromatic N) is 1. The first-order valence-corrected chi connectivity index (χ1v) is 7.53. The quantitative estimate of drug-likeness (QED) is 0.675. The zero-order valence-electron chi connectivity index (χ0n) is 13.7. The summed E-state index contributed by atoms with van der Waals surface area (Å²) in [6.45, 7) is 9.25. The van der Waals surface area contributed by atoms with Crippen LogP contribution < -0.4 is 5.32 Å². The Morgan fingerprint density at radius 2 is 1.67 bits per heavy atom. The lowest BCUT2D eigenvalue weighted by molar-refractivity contribution is -0.151. The number of carboxylic acids is 1. The van der Waals surface area contributed by atoms with Crippen LogP contribution in [0.3, 0.4) is 0 Å². The maximum atomic E-state index is 12.6. The molecule has 0 radical (unpaired) electrons. The molecule has 2 N–H and O–H groups in total. The molecule has 6 nitrogen and oxygen atoms in total. The smallest absolute Gasteiger partial charge is 0.326 e. The summed E-state index contributed by atoms with van der Waals surface area (Å²) in [4.78, 5) is 36.0. The second kappa shape index (κ2) is 9.37. The van der Waals surface area contributed by atoms with Crippen molar-refractivity contribution in [3.8, 4) is 0 Å². The van der Waals surface area contributed by atoms with Gasteiger partial charge >= 0.3 is 5.97 Å². The van der Waals surface area contributed by atoms with Gasteiger partial charge in [0.1, 0.15) is 6.04 Å². The van der Waals surface area contributed by atoms with Gasteiger partial charge in [0.05, 0.1) is 0 Å². The first-order valence-electron chi connectivity index (χ1n) is 7.53. The highest BCUT2D eigenvalue weighted by molar-refractivity contribution is 5.85. The van der Waals surface area contributed by atoms with E-state index in [1.807, 2.05) is 20.8 Å². The molecule has 0 aliphatic carbocycles. The van der Waals surface area contributed by atoms with Crippen LogP contribution in [0, 0.1) is 11.8 Å². The number of nitrogens with one attached hydrogen (secondary N) is 1. The fourth-order valence-corrected chi connectivity index (χ4v) is 2.44. The van der Waals surface area contributed by atoms with E-state index in [1.165, 1.54) is 18.7 Å². The van der Waals surface area contributed by atoms with Gasteiger partial charge < -0.3 is 15.3 Å². The van der Waals surface area contributed by atoms with Crippen molar-refractivity contribution < 1.29 is 19.5 Å². The van der Waals surface area contributed by atoms with Gasteiger partial charge in [0.25, 0.3) is 0 Å². The van der Waals surface area contributed by atoms with Crippen molar-refractivity contribution in [2.24, 2.45) is 11.8 Å². The summed E-state index contributed by atoms with van der Waals surface area (Å²) in [6.07, 6.45) is 1.76. The van der Waals surface area contributed by atoms with Gasteiger partial charge in [0.2, 0.25) is 11.8 Å². The van der Waals surface area contributed by atoms with E-state index in [-0.39, 0.29) is 36.7 Å². The highest BCUT2D eigenvalue weighted by Crippen LogP contribution is 2.22. The Balaban J connectivity index is 4.96. The van der Waals surface area contributed by atoms with E-state index >= 15 is 0 Å². The number of amides is 2. The predicted octanol–water partition coefficient (Wildman–Crippen LogP) is 1.50. The van der Waals surface area contributed by atoms with Crippen LogP contribution in [0.4, 0.5) is 0 Å². The van der Waals surface area contributed by atoms with Crippen molar-refractivity contribution in [1.82, 2.24) is 10.2 Å². The van der Waals surface area contributed by atoms with Crippen molar-refractivity contribution in [2.45, 2.75) is 53.5 Å². The van der Waals surface area contributed by atoms with Gasteiger partial charge in [-0.15, -0.1) is 0 Å². The predicted molar refractivity (Wildman–Crippen MR) is 80.7 cm³/mol. The molecule has 0 rings (SSSR count). The molecule has 122 valence electrons. The van der Waals surface area contributed by atoms with E-state index < -0.39 is 12.0 Å². The monoisotopic (exact) mass is 300 g/mol. The third-order valence-corrected chi connectivity index (χ3v) is 3.98. The van der Waals surface area contributed by atoms with Gasteiger partial charge in [-0.05, 0) is 12.8 Å². The average Bonchev–Trinajstić information content (AvgIpc) is 2.43. The second-order valence-electron chi connectivity index (χ2n) is 5.39. The zero-order valence-corrected chi connectivity index (χ0v) is 13.7. The number of hydrogen-bond acceptors (Lipinski definition) is 3. The van der Waals surface area contributed by atoms with E-state index in [0.717, 1.165) is 12.8 Å². The van der Waals surface area contributed by atoms with Crippen LogP contribution in [-0.4, -0.2) is 46.9 Å². The summed E-state index contributed by atoms with van der Waals surface area (Å²) >= 11 is 0. The minimum Gasteiger partial charge on any atom is -0.480 e. The Labute approximate surface area is 126 Å². The van der Waals surface area contributed by atoms with Crippen LogP contribution in [0.2, 0.25) is 0 Å². The van der Waals surface area contributed by atoms with Crippen molar-refractivity contribution in [3.05, 3.63) is 0 Å². The van der Waals surface area contributed by atoms with Crippen LogP contribution in [0.25, 0.3) is 0 Å². The first-order chi connectivity index (χ1) is 9.76. The Morgan fingerprint density at radius 3 is 2.05 bits per heavy atom. The molecule has 0 aromatic heterocycles. The maximum Gasteiger partial charge on any atom is 0.326 e. The minimum atomic E-state index is -1.04. The average molecular weight is 300 g/mol. The normalized spacial score (nSPS) is 13.6. The molecule has 0 aromatic carbocycles. The largest absolute Gasteiger partial charge is 0.480 e. The molecule has 0 saturated heterocycles. The Bertz CT molecular complexity index is 367. The van der Waals surface area contributed by atoms with E-state index in [0.29, 0.717) is 0 Å². The van der Waals surface area contributed by atoms with E-state index in [2.05, 4.69) is 5.32 Å². The van der Waals surface area contributed by atoms with E-state index in [1.54, 1.807) is 0 Å². The number of carbonyl (C=O) groups is 3. The molecule has 2 amide bonds. The van der Waals surface area contributed by atoms with Gasteiger partial charge in [0.15, 0.2) is 0 Å². The second-order valence-corrected chi connectivity index (χ2v) is 5.39. The molecule has 2 unspecified atom stereocenters. The topological polar surface area (TPSA) is 86.7 Å². The molecule has 0 heterocycles. The van der Waals surface area contributed by atoms with Gasteiger partial charge in [-0.1, -0.05) is 33.6 Å². The Kier molecular flexibility index (Phi) is 8.66. The van der Waals surface area contributed by atoms with Gasteiger partial charge in [-0.3, -0.25) is 9.59 Å². The summed E-state index contributed by atoms with van der Waals surface area (Å²) in [5, 5.41) is 11.8. The fraction of sp³-hybridized carbons (Fsp3) is 0.800. The van der Waals surface area contributed by atoms with Crippen LogP contribution in [-0.2, 0) is 14.4 Å². The van der Waals surface area contributed by atoms with Crippen LogP contribution in [0.1, 0.15) is 47.5 Å². The molecule has 6 heteroatoms. The molecule has 2 atom stereocenters. The lowest BCUT2D eigenvalue weighted by Crippen LogP contribution is -2.49. The molecule has 0 aromatic rings. The summed E-state index contributed by atoms with van der Waals surface area (Å²) in [6, 6.07) is -0.900. The Hall–Kier alpha value is -1.59. The third kappa shape index (κ3) is 6.14. The van der Waals surface area contributed by atoms with E-state index in [4.69, 9.17) is 5.11 Å². The van der Waals surface area contributed by atoms with Crippen LogP contribution in [0.15, 0.2) is 0 Å². The van der Waals surface area contributed by atoms with Gasteiger partial charge in [0, 0.05) is 25.9 Å². The molecule has 0 aliphatic heterocycles. The van der Waals surface area contributed by atoms with Crippen molar-refractivity contribution in [2.75, 3.05) is 13.1 Å². The molecule has 0 bridgehead atoms.